The molecule has 0 radical (unpaired) electrons. The van der Waals surface area contributed by atoms with E-state index in [0.717, 1.165) is 44.9 Å². The van der Waals surface area contributed by atoms with Crippen LogP contribution in [0, 0.1) is 0 Å². The molecule has 0 aliphatic carbocycles. The number of nitrogens with zero attached hydrogens (tertiary/aromatic N) is 4. The van der Waals surface area contributed by atoms with Gasteiger partial charge >= 0.3 is 0 Å². The molecule has 6 nitrogen and oxygen atoms in total. The molecule has 31 heavy (non-hydrogen) atoms. The number of halogens is 1. The number of nitrogens with two attached hydrogens (primary N) is 1. The molecule has 0 atom stereocenters. The Kier molecular flexibility index (Phi) is 4.76. The van der Waals surface area contributed by atoms with Gasteiger partial charge in [-0.3, -0.25) is 4.57 Å². The van der Waals surface area contributed by atoms with Gasteiger partial charge in [0, 0.05) is 28.0 Å². The average Bonchev–Trinajstić information content (AvgIpc) is 3.22. The highest BCUT2D eigenvalue weighted by atomic mass is 35.5. The molecule has 3 aromatic carbocycles. The number of fused-ring (bicyclic) bond motifs is 1. The van der Waals surface area contributed by atoms with Crippen molar-refractivity contribution in [1.29, 1.82) is 0 Å². The van der Waals surface area contributed by atoms with Crippen LogP contribution in [0.15, 0.2) is 79.3 Å². The molecule has 0 aliphatic rings. The van der Waals surface area contributed by atoms with E-state index in [4.69, 9.17) is 22.1 Å². The summed E-state index contributed by atoms with van der Waals surface area (Å²) >= 11 is 6.23. The van der Waals surface area contributed by atoms with Crippen LogP contribution < -0.4 is 10.5 Å². The minimum absolute atomic E-state index is 0.247. The van der Waals surface area contributed by atoms with E-state index in [1.807, 2.05) is 71.6 Å². The highest BCUT2D eigenvalue weighted by Crippen LogP contribution is 2.34. The number of anilines is 1. The first-order chi connectivity index (χ1) is 15.1. The van der Waals surface area contributed by atoms with Gasteiger partial charge in [0.2, 0.25) is 5.95 Å². The van der Waals surface area contributed by atoms with Gasteiger partial charge in [0.05, 0.1) is 23.8 Å². The molecule has 2 N–H and O–H groups in total. The van der Waals surface area contributed by atoms with E-state index < -0.39 is 0 Å². The Balaban J connectivity index is 1.58. The third kappa shape index (κ3) is 3.58. The van der Waals surface area contributed by atoms with Crippen LogP contribution in [-0.2, 0) is 0 Å². The SMILES string of the molecule is COc1ccc(Cl)cc1-c1cccc(-n2cnc3cc(-c4ccnc(N)n4)ccc32)c1. The molecule has 0 saturated carbocycles. The number of hydrogen-bond donors (Lipinski definition) is 1. The lowest BCUT2D eigenvalue weighted by atomic mass is 10.0. The van der Waals surface area contributed by atoms with Crippen molar-refractivity contribution in [3.8, 4) is 33.8 Å². The Morgan fingerprint density at radius 1 is 0.935 bits per heavy atom. The normalized spacial score (nSPS) is 11.0. The van der Waals surface area contributed by atoms with Crippen molar-refractivity contribution < 1.29 is 4.74 Å². The molecule has 0 saturated heterocycles. The van der Waals surface area contributed by atoms with Gasteiger partial charge in [-0.2, -0.15) is 0 Å². The smallest absolute Gasteiger partial charge is 0.220 e. The van der Waals surface area contributed by atoms with Crippen molar-refractivity contribution in [2.45, 2.75) is 0 Å². The molecule has 0 fully saturated rings. The number of nitrogen functional groups attached to an aromatic ring is 1. The zero-order valence-corrected chi connectivity index (χ0v) is 17.4. The van der Waals surface area contributed by atoms with E-state index >= 15 is 0 Å². The van der Waals surface area contributed by atoms with Crippen LogP contribution in [0.3, 0.4) is 0 Å². The van der Waals surface area contributed by atoms with Gasteiger partial charge in [-0.15, -0.1) is 0 Å². The number of imidazole rings is 1. The summed E-state index contributed by atoms with van der Waals surface area (Å²) in [4.78, 5) is 12.8. The number of ether oxygens (including phenoxy) is 1. The first-order valence-corrected chi connectivity index (χ1v) is 10.0. The van der Waals surface area contributed by atoms with E-state index in [2.05, 4.69) is 21.0 Å². The van der Waals surface area contributed by atoms with Crippen molar-refractivity contribution in [3.05, 3.63) is 84.3 Å². The molecule has 5 aromatic rings. The van der Waals surface area contributed by atoms with Crippen LogP contribution >= 0.6 is 11.6 Å². The predicted octanol–water partition coefficient (Wildman–Crippen LogP) is 5.39. The standard InChI is InChI=1S/C24H18ClN5O/c1-31-23-8-6-17(25)13-19(23)15-3-2-4-18(11-15)30-14-28-21-12-16(5-7-22(21)30)20-9-10-27-24(26)29-20/h2-14H,1H3,(H2,26,27,29). The van der Waals surface area contributed by atoms with Crippen LogP contribution in [0.1, 0.15) is 0 Å². The molecule has 0 aliphatic heterocycles. The second-order valence-corrected chi connectivity index (χ2v) is 7.45. The molecular formula is C24H18ClN5O. The van der Waals surface area contributed by atoms with Gasteiger partial charge in [-0.05, 0) is 54.1 Å². The van der Waals surface area contributed by atoms with Crippen LogP contribution in [0.2, 0.25) is 5.02 Å². The third-order valence-corrected chi connectivity index (χ3v) is 5.35. The Morgan fingerprint density at radius 2 is 1.84 bits per heavy atom. The minimum atomic E-state index is 0.247. The predicted molar refractivity (Wildman–Crippen MR) is 124 cm³/mol. The summed E-state index contributed by atoms with van der Waals surface area (Å²) in [5.41, 5.74) is 12.2. The van der Waals surface area contributed by atoms with Gasteiger partial charge in [-0.25, -0.2) is 15.0 Å². The number of methoxy groups -OCH3 is 1. The summed E-state index contributed by atoms with van der Waals surface area (Å²) in [6.07, 6.45) is 3.47. The zero-order chi connectivity index (χ0) is 21.4. The maximum absolute atomic E-state index is 6.23. The maximum atomic E-state index is 6.23. The topological polar surface area (TPSA) is 78.8 Å². The molecule has 2 aromatic heterocycles. The lowest BCUT2D eigenvalue weighted by Crippen LogP contribution is -1.95. The monoisotopic (exact) mass is 427 g/mol. The Morgan fingerprint density at radius 3 is 2.68 bits per heavy atom. The molecule has 0 unspecified atom stereocenters. The van der Waals surface area contributed by atoms with E-state index in [1.165, 1.54) is 0 Å². The van der Waals surface area contributed by atoms with Gasteiger partial charge in [0.25, 0.3) is 0 Å². The third-order valence-electron chi connectivity index (χ3n) is 5.11. The Bertz CT molecular complexity index is 1410. The van der Waals surface area contributed by atoms with Crippen LogP contribution in [0.25, 0.3) is 39.1 Å². The van der Waals surface area contributed by atoms with E-state index in [0.29, 0.717) is 5.02 Å². The fraction of sp³-hybridized carbons (Fsp3) is 0.0417. The lowest BCUT2D eigenvalue weighted by Gasteiger charge is -2.11. The summed E-state index contributed by atoms with van der Waals surface area (Å²) in [6, 6.07) is 21.6. The highest BCUT2D eigenvalue weighted by Gasteiger charge is 2.11. The van der Waals surface area contributed by atoms with E-state index in [-0.39, 0.29) is 5.95 Å². The fourth-order valence-corrected chi connectivity index (χ4v) is 3.81. The molecule has 152 valence electrons. The summed E-state index contributed by atoms with van der Waals surface area (Å²) in [7, 11) is 1.66. The number of aromatic nitrogens is 4. The van der Waals surface area contributed by atoms with Gasteiger partial charge in [0.15, 0.2) is 0 Å². The summed E-state index contributed by atoms with van der Waals surface area (Å²) in [5, 5.41) is 0.659. The summed E-state index contributed by atoms with van der Waals surface area (Å²) in [5.74, 6) is 1.02. The molecule has 0 spiro atoms. The Labute approximate surface area is 183 Å². The molecule has 5 rings (SSSR count). The molecular weight excluding hydrogens is 410 g/mol. The molecule has 2 heterocycles. The average molecular weight is 428 g/mol. The minimum Gasteiger partial charge on any atom is -0.496 e. The van der Waals surface area contributed by atoms with Crippen LogP contribution in [0.4, 0.5) is 5.95 Å². The largest absolute Gasteiger partial charge is 0.496 e. The van der Waals surface area contributed by atoms with Crippen molar-refractivity contribution in [3.63, 3.8) is 0 Å². The van der Waals surface area contributed by atoms with Gasteiger partial charge < -0.3 is 10.5 Å². The first kappa shape index (κ1) is 19.1. The molecule has 7 heteroatoms. The van der Waals surface area contributed by atoms with Gasteiger partial charge in [-0.1, -0.05) is 29.8 Å². The number of rotatable bonds is 4. The first-order valence-electron chi connectivity index (χ1n) is 9.63. The van der Waals surface area contributed by atoms with Crippen molar-refractivity contribution in [2.75, 3.05) is 12.8 Å². The number of hydrogen-bond acceptors (Lipinski definition) is 5. The quantitative estimate of drug-likeness (QED) is 0.415. The highest BCUT2D eigenvalue weighted by molar-refractivity contribution is 6.31. The number of benzene rings is 3. The van der Waals surface area contributed by atoms with Crippen molar-refractivity contribution in [1.82, 2.24) is 19.5 Å². The second kappa shape index (κ2) is 7.74. The van der Waals surface area contributed by atoms with Gasteiger partial charge in [0.1, 0.15) is 12.1 Å². The summed E-state index contributed by atoms with van der Waals surface area (Å²) < 4.78 is 7.57. The maximum Gasteiger partial charge on any atom is 0.220 e. The fourth-order valence-electron chi connectivity index (χ4n) is 3.64. The lowest BCUT2D eigenvalue weighted by molar-refractivity contribution is 0.416. The van der Waals surface area contributed by atoms with E-state index in [9.17, 15) is 0 Å². The van der Waals surface area contributed by atoms with E-state index in [1.54, 1.807) is 13.3 Å². The summed E-state index contributed by atoms with van der Waals surface area (Å²) in [6.45, 7) is 0. The zero-order valence-electron chi connectivity index (χ0n) is 16.7. The molecule has 0 amide bonds. The Hall–Kier alpha value is -3.90. The van der Waals surface area contributed by atoms with Crippen molar-refractivity contribution in [2.24, 2.45) is 0 Å². The van der Waals surface area contributed by atoms with Crippen LogP contribution in [0.5, 0.6) is 5.75 Å². The molecule has 0 bridgehead atoms. The second-order valence-electron chi connectivity index (χ2n) is 7.01. The van der Waals surface area contributed by atoms with Crippen LogP contribution in [-0.4, -0.2) is 26.6 Å². The van der Waals surface area contributed by atoms with Crippen molar-refractivity contribution >= 4 is 28.6 Å².